The lowest BCUT2D eigenvalue weighted by Crippen LogP contribution is -2.26. The number of rotatable bonds is 3. The van der Waals surface area contributed by atoms with Crippen molar-refractivity contribution >= 4 is 21.9 Å². The van der Waals surface area contributed by atoms with Crippen LogP contribution in [0.1, 0.15) is 37.8 Å². The second kappa shape index (κ2) is 5.09. The molecule has 116 valence electrons. The first-order chi connectivity index (χ1) is 10.3. The van der Waals surface area contributed by atoms with E-state index in [9.17, 15) is 15.3 Å². The molecule has 0 saturated heterocycles. The molecule has 1 atom stereocenters. The van der Waals surface area contributed by atoms with Crippen LogP contribution in [0.3, 0.4) is 0 Å². The van der Waals surface area contributed by atoms with Gasteiger partial charge in [0.1, 0.15) is 11.2 Å². The van der Waals surface area contributed by atoms with Gasteiger partial charge < -0.3 is 19.7 Å². The fourth-order valence-corrected chi connectivity index (χ4v) is 2.81. The summed E-state index contributed by atoms with van der Waals surface area (Å²) in [6, 6.07) is 11.0. The van der Waals surface area contributed by atoms with Crippen LogP contribution in [0.2, 0.25) is 0 Å². The molecule has 0 spiro atoms. The average molecular weight is 300 g/mol. The predicted molar refractivity (Wildman–Crippen MR) is 85.3 cm³/mol. The molecule has 0 radical (unpaired) electrons. The number of furan rings is 1. The summed E-state index contributed by atoms with van der Waals surface area (Å²) in [6.07, 6.45) is 0. The van der Waals surface area contributed by atoms with Crippen LogP contribution in [-0.2, 0) is 5.97 Å². The summed E-state index contributed by atoms with van der Waals surface area (Å²) in [4.78, 5) is 0. The van der Waals surface area contributed by atoms with Crippen LogP contribution < -0.4 is 0 Å². The van der Waals surface area contributed by atoms with Gasteiger partial charge in [0.05, 0.1) is 0 Å². The number of para-hydroxylation sites is 1. The molecule has 0 amide bonds. The quantitative estimate of drug-likeness (QED) is 0.648. The minimum Gasteiger partial charge on any atom is -0.456 e. The van der Waals surface area contributed by atoms with Gasteiger partial charge in [-0.1, -0.05) is 39.0 Å². The summed E-state index contributed by atoms with van der Waals surface area (Å²) in [6.45, 7) is 6.08. The van der Waals surface area contributed by atoms with Crippen molar-refractivity contribution in [2.24, 2.45) is 5.92 Å². The van der Waals surface area contributed by atoms with Crippen LogP contribution in [0.5, 0.6) is 0 Å². The maximum absolute atomic E-state index is 9.75. The van der Waals surface area contributed by atoms with E-state index in [0.717, 1.165) is 16.4 Å². The number of hydrogen-bond donors (Lipinski definition) is 3. The Kier molecular flexibility index (Phi) is 3.48. The Hall–Kier alpha value is -1.88. The van der Waals surface area contributed by atoms with Crippen LogP contribution >= 0.6 is 0 Å². The van der Waals surface area contributed by atoms with Gasteiger partial charge in [0.25, 0.3) is 0 Å². The maximum atomic E-state index is 9.75. The van der Waals surface area contributed by atoms with Crippen LogP contribution in [0, 0.1) is 5.92 Å². The third kappa shape index (κ3) is 2.39. The minimum absolute atomic E-state index is 0.0402. The van der Waals surface area contributed by atoms with Crippen LogP contribution in [0.25, 0.3) is 21.9 Å². The normalized spacial score (nSPS) is 14.1. The zero-order chi connectivity index (χ0) is 16.1. The van der Waals surface area contributed by atoms with Crippen molar-refractivity contribution in [1.82, 2.24) is 0 Å². The van der Waals surface area contributed by atoms with Gasteiger partial charge in [0.15, 0.2) is 0 Å². The maximum Gasteiger partial charge on any atom is 0.304 e. The molecule has 3 rings (SSSR count). The van der Waals surface area contributed by atoms with Crippen molar-refractivity contribution in [3.8, 4) is 0 Å². The summed E-state index contributed by atoms with van der Waals surface area (Å²) >= 11 is 0. The number of hydrogen-bond acceptors (Lipinski definition) is 4. The van der Waals surface area contributed by atoms with Gasteiger partial charge in [0, 0.05) is 16.3 Å². The van der Waals surface area contributed by atoms with Crippen molar-refractivity contribution in [1.29, 1.82) is 0 Å². The molecule has 3 N–H and O–H groups in total. The molecule has 4 nitrogen and oxygen atoms in total. The first kappa shape index (κ1) is 15.0. The van der Waals surface area contributed by atoms with Gasteiger partial charge >= 0.3 is 5.97 Å². The number of benzene rings is 2. The second-order valence-corrected chi connectivity index (χ2v) is 6.20. The predicted octanol–water partition coefficient (Wildman–Crippen LogP) is 3.43. The SMILES string of the molecule is CC(C)C(C)c1cc2oc3ccccc3c2cc1C(O)(O)O. The molecule has 0 bridgehead atoms. The molecule has 0 aliphatic heterocycles. The van der Waals surface area contributed by atoms with E-state index >= 15 is 0 Å². The fourth-order valence-electron chi connectivity index (χ4n) is 2.81. The summed E-state index contributed by atoms with van der Waals surface area (Å²) in [5, 5.41) is 30.9. The van der Waals surface area contributed by atoms with Crippen molar-refractivity contribution in [3.63, 3.8) is 0 Å². The Morgan fingerprint density at radius 3 is 2.23 bits per heavy atom. The minimum atomic E-state index is -2.87. The van der Waals surface area contributed by atoms with Crippen molar-refractivity contribution in [2.75, 3.05) is 0 Å². The second-order valence-electron chi connectivity index (χ2n) is 6.20. The monoisotopic (exact) mass is 300 g/mol. The number of aliphatic hydroxyl groups is 3. The summed E-state index contributed by atoms with van der Waals surface area (Å²) < 4.78 is 5.85. The third-order valence-corrected chi connectivity index (χ3v) is 4.40. The van der Waals surface area contributed by atoms with E-state index in [4.69, 9.17) is 4.42 Å². The lowest BCUT2D eigenvalue weighted by atomic mass is 9.85. The highest BCUT2D eigenvalue weighted by Gasteiger charge is 2.29. The first-order valence-corrected chi connectivity index (χ1v) is 7.42. The smallest absolute Gasteiger partial charge is 0.304 e. The summed E-state index contributed by atoms with van der Waals surface area (Å²) in [5.41, 5.74) is 2.19. The molecule has 3 aromatic rings. The van der Waals surface area contributed by atoms with Gasteiger partial charge in [-0.3, -0.25) is 0 Å². The molecule has 0 aliphatic rings. The van der Waals surface area contributed by atoms with E-state index in [1.54, 1.807) is 12.1 Å². The topological polar surface area (TPSA) is 73.8 Å². The van der Waals surface area contributed by atoms with Crippen LogP contribution in [0.4, 0.5) is 0 Å². The molecule has 1 unspecified atom stereocenters. The standard InChI is InChI=1S/C18H20O4/c1-10(2)11(3)13-9-17-14(8-15(13)18(19,20)21)12-6-4-5-7-16(12)22-17/h4-11,19-21H,1-3H3. The van der Waals surface area contributed by atoms with E-state index in [0.29, 0.717) is 11.1 Å². The highest BCUT2D eigenvalue weighted by molar-refractivity contribution is 6.05. The van der Waals surface area contributed by atoms with E-state index in [1.165, 1.54) is 0 Å². The van der Waals surface area contributed by atoms with Crippen LogP contribution in [-0.4, -0.2) is 15.3 Å². The zero-order valence-electron chi connectivity index (χ0n) is 12.9. The van der Waals surface area contributed by atoms with E-state index in [1.807, 2.05) is 45.0 Å². The Bertz CT molecular complexity index is 824. The Morgan fingerprint density at radius 1 is 0.909 bits per heavy atom. The molecular formula is C18H20O4. The van der Waals surface area contributed by atoms with Crippen molar-refractivity contribution < 1.29 is 19.7 Å². The first-order valence-electron chi connectivity index (χ1n) is 7.42. The Balaban J connectivity index is 2.36. The van der Waals surface area contributed by atoms with Gasteiger partial charge in [-0.05, 0) is 35.6 Å². The molecule has 0 aliphatic carbocycles. The lowest BCUT2D eigenvalue weighted by molar-refractivity contribution is -0.324. The molecule has 0 saturated carbocycles. The van der Waals surface area contributed by atoms with Gasteiger partial charge in [-0.15, -0.1) is 0 Å². The third-order valence-electron chi connectivity index (χ3n) is 4.40. The largest absolute Gasteiger partial charge is 0.456 e. The highest BCUT2D eigenvalue weighted by atomic mass is 16.7. The van der Waals surface area contributed by atoms with E-state index in [2.05, 4.69) is 0 Å². The average Bonchev–Trinajstić information content (AvgIpc) is 2.81. The van der Waals surface area contributed by atoms with E-state index < -0.39 is 5.97 Å². The lowest BCUT2D eigenvalue weighted by Gasteiger charge is -2.24. The summed E-state index contributed by atoms with van der Waals surface area (Å²) in [5.74, 6) is -2.55. The Morgan fingerprint density at radius 2 is 1.59 bits per heavy atom. The molecule has 22 heavy (non-hydrogen) atoms. The molecule has 0 fully saturated rings. The van der Waals surface area contributed by atoms with Crippen molar-refractivity contribution in [2.45, 2.75) is 32.7 Å². The molecule has 2 aromatic carbocycles. The van der Waals surface area contributed by atoms with Gasteiger partial charge in [0.2, 0.25) is 0 Å². The Labute approximate surface area is 128 Å². The molecule has 4 heteroatoms. The van der Waals surface area contributed by atoms with Crippen LogP contribution in [0.15, 0.2) is 40.8 Å². The number of fused-ring (bicyclic) bond motifs is 3. The van der Waals surface area contributed by atoms with Gasteiger partial charge in [-0.25, -0.2) is 0 Å². The molecular weight excluding hydrogens is 280 g/mol. The summed E-state index contributed by atoms with van der Waals surface area (Å²) in [7, 11) is 0. The van der Waals surface area contributed by atoms with E-state index in [-0.39, 0.29) is 17.4 Å². The van der Waals surface area contributed by atoms with Gasteiger partial charge in [-0.2, -0.15) is 0 Å². The fraction of sp³-hybridized carbons (Fsp3) is 0.333. The molecule has 1 heterocycles. The zero-order valence-corrected chi connectivity index (χ0v) is 12.9. The van der Waals surface area contributed by atoms with Crippen molar-refractivity contribution in [3.05, 3.63) is 47.5 Å². The molecule has 1 aromatic heterocycles. The highest BCUT2D eigenvalue weighted by Crippen LogP contribution is 2.37.